The Bertz CT molecular complexity index is 814. The molecule has 26 heavy (non-hydrogen) atoms. The number of piperidine rings is 1. The van der Waals surface area contributed by atoms with Crippen molar-refractivity contribution in [3.63, 3.8) is 0 Å². The minimum Gasteiger partial charge on any atom is -0.356 e. The normalized spacial score (nSPS) is 14.7. The number of hydrogen-bond acceptors (Lipinski definition) is 6. The fourth-order valence-corrected chi connectivity index (χ4v) is 2.93. The molecule has 8 nitrogen and oxygen atoms in total. The number of carbonyl (C=O) groups excluding carboxylic acids is 2. The Labute approximate surface area is 150 Å². The van der Waals surface area contributed by atoms with Crippen molar-refractivity contribution in [2.45, 2.75) is 18.9 Å². The summed E-state index contributed by atoms with van der Waals surface area (Å²) in [6.07, 6.45) is 3.62. The van der Waals surface area contributed by atoms with Crippen molar-refractivity contribution < 1.29 is 14.5 Å². The van der Waals surface area contributed by atoms with Crippen LogP contribution in [-0.2, 0) is 0 Å². The molecular weight excluding hydrogens is 336 g/mol. The van der Waals surface area contributed by atoms with Gasteiger partial charge in [-0.1, -0.05) is 12.1 Å². The predicted molar refractivity (Wildman–Crippen MR) is 95.4 cm³/mol. The summed E-state index contributed by atoms with van der Waals surface area (Å²) in [7, 11) is 0. The highest BCUT2D eigenvalue weighted by molar-refractivity contribution is 5.95. The molecule has 0 spiro atoms. The summed E-state index contributed by atoms with van der Waals surface area (Å²) in [5.74, 6) is 0.405. The highest BCUT2D eigenvalue weighted by Crippen LogP contribution is 2.22. The summed E-state index contributed by atoms with van der Waals surface area (Å²) in [4.78, 5) is 39.6. The maximum Gasteiger partial charge on any atom is 0.274 e. The second-order valence-corrected chi connectivity index (χ2v) is 6.10. The lowest BCUT2D eigenvalue weighted by atomic mass is 10.0. The van der Waals surface area contributed by atoms with Gasteiger partial charge in [-0.05, 0) is 25.0 Å². The third-order valence-corrected chi connectivity index (χ3v) is 4.40. The third-order valence-electron chi connectivity index (χ3n) is 4.40. The number of hydrogen-bond donors (Lipinski definition) is 1. The van der Waals surface area contributed by atoms with Gasteiger partial charge in [0.05, 0.1) is 11.0 Å². The molecule has 134 valence electrons. The zero-order valence-electron chi connectivity index (χ0n) is 14.0. The summed E-state index contributed by atoms with van der Waals surface area (Å²) in [6.45, 7) is 1.31. The van der Waals surface area contributed by atoms with E-state index in [2.05, 4.69) is 10.3 Å². The second-order valence-electron chi connectivity index (χ2n) is 6.10. The quantitative estimate of drug-likeness (QED) is 0.501. The molecule has 8 heteroatoms. The van der Waals surface area contributed by atoms with Crippen LogP contribution in [0.5, 0.6) is 0 Å². The van der Waals surface area contributed by atoms with Crippen LogP contribution < -0.4 is 10.2 Å². The van der Waals surface area contributed by atoms with Crippen LogP contribution in [0.15, 0.2) is 42.6 Å². The van der Waals surface area contributed by atoms with E-state index < -0.39 is 4.92 Å². The van der Waals surface area contributed by atoms with E-state index in [4.69, 9.17) is 0 Å². The van der Waals surface area contributed by atoms with E-state index in [1.165, 1.54) is 18.3 Å². The largest absolute Gasteiger partial charge is 0.356 e. The van der Waals surface area contributed by atoms with E-state index in [-0.39, 0.29) is 17.6 Å². The van der Waals surface area contributed by atoms with Gasteiger partial charge in [0.25, 0.3) is 11.6 Å². The van der Waals surface area contributed by atoms with Crippen LogP contribution in [0.2, 0.25) is 0 Å². The monoisotopic (exact) mass is 354 g/mol. The van der Waals surface area contributed by atoms with E-state index in [0.29, 0.717) is 30.0 Å². The maximum absolute atomic E-state index is 12.3. The Kier molecular flexibility index (Phi) is 5.21. The highest BCUT2D eigenvalue weighted by atomic mass is 16.6. The van der Waals surface area contributed by atoms with Gasteiger partial charge in [0.2, 0.25) is 0 Å². The molecule has 0 unspecified atom stereocenters. The summed E-state index contributed by atoms with van der Waals surface area (Å²) in [5.41, 5.74) is 1.06. The highest BCUT2D eigenvalue weighted by Gasteiger charge is 2.23. The lowest BCUT2D eigenvalue weighted by Gasteiger charge is -2.33. The molecule has 1 aromatic carbocycles. The van der Waals surface area contributed by atoms with E-state index in [1.807, 2.05) is 4.90 Å². The van der Waals surface area contributed by atoms with Crippen molar-refractivity contribution >= 4 is 23.7 Å². The topological polar surface area (TPSA) is 105 Å². The number of amides is 1. The van der Waals surface area contributed by atoms with Gasteiger partial charge in [0.1, 0.15) is 12.1 Å². The molecule has 2 heterocycles. The molecule has 1 N–H and O–H groups in total. The Morgan fingerprint density at radius 2 is 1.92 bits per heavy atom. The van der Waals surface area contributed by atoms with Gasteiger partial charge < -0.3 is 10.2 Å². The van der Waals surface area contributed by atoms with E-state index in [1.54, 1.807) is 24.3 Å². The van der Waals surface area contributed by atoms with Crippen LogP contribution >= 0.6 is 0 Å². The lowest BCUT2D eigenvalue weighted by molar-refractivity contribution is -0.384. The Morgan fingerprint density at radius 3 is 2.54 bits per heavy atom. The molecular formula is C18H18N4O4. The molecule has 0 aliphatic carbocycles. The Hall–Kier alpha value is -3.29. The van der Waals surface area contributed by atoms with Crippen LogP contribution in [-0.4, -0.2) is 41.2 Å². The fraction of sp³-hybridized carbons (Fsp3) is 0.278. The maximum atomic E-state index is 12.3. The molecule has 2 aromatic rings. The molecule has 1 amide bonds. The van der Waals surface area contributed by atoms with Crippen molar-refractivity contribution in [3.8, 4) is 0 Å². The van der Waals surface area contributed by atoms with Crippen molar-refractivity contribution in [2.24, 2.45) is 0 Å². The van der Waals surface area contributed by atoms with Crippen LogP contribution in [0.4, 0.5) is 11.5 Å². The van der Waals surface area contributed by atoms with Gasteiger partial charge in [0.15, 0.2) is 0 Å². The van der Waals surface area contributed by atoms with Gasteiger partial charge in [-0.15, -0.1) is 0 Å². The summed E-state index contributed by atoms with van der Waals surface area (Å²) >= 11 is 0. The number of anilines is 1. The van der Waals surface area contributed by atoms with Crippen LogP contribution in [0.1, 0.15) is 33.6 Å². The van der Waals surface area contributed by atoms with E-state index in [9.17, 15) is 19.7 Å². The molecule has 1 fully saturated rings. The number of nitro groups is 1. The average Bonchev–Trinajstić information content (AvgIpc) is 2.68. The van der Waals surface area contributed by atoms with E-state index >= 15 is 0 Å². The Morgan fingerprint density at radius 1 is 1.23 bits per heavy atom. The number of nitrogens with zero attached hydrogens (tertiary/aromatic N) is 3. The van der Waals surface area contributed by atoms with Gasteiger partial charge >= 0.3 is 0 Å². The zero-order valence-corrected chi connectivity index (χ0v) is 14.0. The average molecular weight is 354 g/mol. The molecule has 0 radical (unpaired) electrons. The number of carbonyl (C=O) groups is 2. The van der Waals surface area contributed by atoms with Gasteiger partial charge in [-0.25, -0.2) is 4.98 Å². The minimum atomic E-state index is -0.436. The molecule has 1 aliphatic heterocycles. The zero-order chi connectivity index (χ0) is 18.5. The smallest absolute Gasteiger partial charge is 0.274 e. The van der Waals surface area contributed by atoms with Gasteiger partial charge in [-0.2, -0.15) is 0 Å². The standard InChI is InChI=1S/C18H18N4O4/c23-12-13-1-3-14(4-2-13)18(24)20-15-6-9-21(10-7-15)17-11-16(22(25)26)5-8-19-17/h1-5,8,11-12,15H,6-7,9-10H2,(H,20,24). The number of nitrogens with one attached hydrogen (secondary N) is 1. The number of rotatable bonds is 5. The molecule has 0 bridgehead atoms. The first kappa shape index (κ1) is 17.5. The first-order valence-electron chi connectivity index (χ1n) is 8.28. The first-order chi connectivity index (χ1) is 12.6. The third kappa shape index (κ3) is 4.02. The second kappa shape index (κ2) is 7.73. The van der Waals surface area contributed by atoms with Crippen molar-refractivity contribution in [1.82, 2.24) is 10.3 Å². The van der Waals surface area contributed by atoms with Crippen LogP contribution in [0, 0.1) is 10.1 Å². The number of aromatic nitrogens is 1. The number of benzene rings is 1. The van der Waals surface area contributed by atoms with Gasteiger partial charge in [-0.3, -0.25) is 19.7 Å². The summed E-state index contributed by atoms with van der Waals surface area (Å²) < 4.78 is 0. The van der Waals surface area contributed by atoms with Crippen molar-refractivity contribution in [2.75, 3.05) is 18.0 Å². The summed E-state index contributed by atoms with van der Waals surface area (Å²) in [6, 6.07) is 9.34. The fourth-order valence-electron chi connectivity index (χ4n) is 2.93. The molecule has 0 saturated carbocycles. The Balaban J connectivity index is 1.56. The van der Waals surface area contributed by atoms with Gasteiger partial charge in [0, 0.05) is 42.5 Å². The molecule has 0 atom stereocenters. The predicted octanol–water partition coefficient (Wildman–Crippen LogP) is 2.20. The molecule has 1 aliphatic rings. The van der Waals surface area contributed by atoms with E-state index in [0.717, 1.165) is 19.1 Å². The molecule has 1 saturated heterocycles. The lowest BCUT2D eigenvalue weighted by Crippen LogP contribution is -2.45. The molecule has 1 aromatic heterocycles. The van der Waals surface area contributed by atoms with Crippen LogP contribution in [0.3, 0.4) is 0 Å². The molecule has 3 rings (SSSR count). The van der Waals surface area contributed by atoms with Crippen molar-refractivity contribution in [1.29, 1.82) is 0 Å². The van der Waals surface area contributed by atoms with Crippen molar-refractivity contribution in [3.05, 3.63) is 63.8 Å². The number of pyridine rings is 1. The van der Waals surface area contributed by atoms with Crippen LogP contribution in [0.25, 0.3) is 0 Å². The number of aldehydes is 1. The minimum absolute atomic E-state index is 0.0178. The summed E-state index contributed by atoms with van der Waals surface area (Å²) in [5, 5.41) is 13.9. The SMILES string of the molecule is O=Cc1ccc(C(=O)NC2CCN(c3cc([N+](=O)[O-])ccn3)CC2)cc1. The first-order valence-corrected chi connectivity index (χ1v) is 8.28.